The summed E-state index contributed by atoms with van der Waals surface area (Å²) in [5.74, 6) is 2.45. The molecule has 45 heavy (non-hydrogen) atoms. The van der Waals surface area contributed by atoms with Gasteiger partial charge in [-0.15, -0.1) is 10.2 Å². The van der Waals surface area contributed by atoms with Crippen molar-refractivity contribution < 1.29 is 14.3 Å². The minimum Gasteiger partial charge on any atom is -0.444 e. The van der Waals surface area contributed by atoms with E-state index in [-0.39, 0.29) is 19.0 Å². The number of rotatable bonds is 6. The third-order valence-electron chi connectivity index (χ3n) is 8.35. The fraction of sp³-hybridized carbons (Fsp3) is 0.412. The molecule has 2 amide bonds. The van der Waals surface area contributed by atoms with Crippen LogP contribution in [0.1, 0.15) is 73.5 Å². The Balaban J connectivity index is 1.36. The van der Waals surface area contributed by atoms with E-state index in [0.717, 1.165) is 47.8 Å². The van der Waals surface area contributed by atoms with Crippen LogP contribution in [0.2, 0.25) is 0 Å². The average molecular weight is 609 g/mol. The summed E-state index contributed by atoms with van der Waals surface area (Å²) in [5.41, 5.74) is 4.09. The van der Waals surface area contributed by atoms with Gasteiger partial charge in [0.05, 0.1) is 30.0 Å². The summed E-state index contributed by atoms with van der Waals surface area (Å²) in [6, 6.07) is 15.9. The maximum Gasteiger partial charge on any atom is 0.410 e. The molecule has 1 aromatic carbocycles. The molecule has 5 heterocycles. The molecule has 0 bridgehead atoms. The number of hydrogen-bond acceptors (Lipinski definition) is 8. The molecule has 3 aromatic heterocycles. The number of ether oxygens (including phenoxy) is 1. The van der Waals surface area contributed by atoms with E-state index in [2.05, 4.69) is 22.0 Å². The molecule has 0 spiro atoms. The number of anilines is 2. The Labute approximate surface area is 263 Å². The number of carbonyl (C=O) groups is 2. The second kappa shape index (κ2) is 11.6. The van der Waals surface area contributed by atoms with Crippen LogP contribution in [-0.2, 0) is 17.8 Å². The summed E-state index contributed by atoms with van der Waals surface area (Å²) in [6.07, 6.45) is 1.69. The standard InChI is InChI=1S/C34H40N8O3/c1-21-12-8-9-15-28(21)42-23(3)37-38-31(42)26-14-10-16-29(35-26)41-19-25-24(32(41)43)18-30(40-17-11-13-22(40)2)36-27(25)20-39(7)33(44)45-34(4,5)6/h8-10,12,14-16,18,22H,11,13,17,19-20H2,1-7H3/t22-/m1/s1. The predicted octanol–water partition coefficient (Wildman–Crippen LogP) is 5.86. The van der Waals surface area contributed by atoms with Crippen molar-refractivity contribution in [2.24, 2.45) is 0 Å². The van der Waals surface area contributed by atoms with Gasteiger partial charge in [-0.3, -0.25) is 14.3 Å². The molecule has 2 aliphatic heterocycles. The van der Waals surface area contributed by atoms with Gasteiger partial charge in [0.2, 0.25) is 0 Å². The fourth-order valence-electron chi connectivity index (χ4n) is 6.05. The Bertz CT molecular complexity index is 1780. The van der Waals surface area contributed by atoms with Gasteiger partial charge in [-0.1, -0.05) is 24.3 Å². The fourth-order valence-corrected chi connectivity index (χ4v) is 6.05. The van der Waals surface area contributed by atoms with Crippen LogP contribution in [0.15, 0.2) is 48.5 Å². The second-order valence-corrected chi connectivity index (χ2v) is 12.9. The summed E-state index contributed by atoms with van der Waals surface area (Å²) in [7, 11) is 1.69. The summed E-state index contributed by atoms with van der Waals surface area (Å²) < 4.78 is 7.59. The van der Waals surface area contributed by atoms with E-state index in [0.29, 0.717) is 34.6 Å². The summed E-state index contributed by atoms with van der Waals surface area (Å²) in [4.78, 5) is 42.4. The van der Waals surface area contributed by atoms with Gasteiger partial charge in [0.15, 0.2) is 5.82 Å². The van der Waals surface area contributed by atoms with Gasteiger partial charge in [0.25, 0.3) is 5.91 Å². The van der Waals surface area contributed by atoms with E-state index in [1.807, 2.05) is 87.7 Å². The molecule has 234 valence electrons. The lowest BCUT2D eigenvalue weighted by molar-refractivity contribution is 0.0282. The van der Waals surface area contributed by atoms with E-state index >= 15 is 0 Å². The second-order valence-electron chi connectivity index (χ2n) is 12.9. The van der Waals surface area contributed by atoms with E-state index in [1.54, 1.807) is 11.9 Å². The largest absolute Gasteiger partial charge is 0.444 e. The maximum absolute atomic E-state index is 14.1. The van der Waals surface area contributed by atoms with Crippen LogP contribution in [0.4, 0.5) is 16.4 Å². The first-order valence-electron chi connectivity index (χ1n) is 15.4. The Morgan fingerprint density at radius 3 is 2.53 bits per heavy atom. The van der Waals surface area contributed by atoms with Gasteiger partial charge in [-0.2, -0.15) is 0 Å². The Kier molecular flexibility index (Phi) is 7.80. The monoisotopic (exact) mass is 608 g/mol. The highest BCUT2D eigenvalue weighted by Crippen LogP contribution is 2.35. The molecular weight excluding hydrogens is 568 g/mol. The van der Waals surface area contributed by atoms with E-state index in [1.165, 1.54) is 4.90 Å². The molecular formula is C34H40N8O3. The van der Waals surface area contributed by atoms with E-state index in [9.17, 15) is 9.59 Å². The lowest BCUT2D eigenvalue weighted by atomic mass is 10.1. The number of pyridine rings is 2. The summed E-state index contributed by atoms with van der Waals surface area (Å²) in [5, 5.41) is 8.81. The number of nitrogens with zero attached hydrogens (tertiary/aromatic N) is 8. The molecule has 0 saturated carbocycles. The van der Waals surface area contributed by atoms with Crippen molar-refractivity contribution in [2.45, 2.75) is 79.1 Å². The van der Waals surface area contributed by atoms with Crippen molar-refractivity contribution in [2.75, 3.05) is 23.4 Å². The van der Waals surface area contributed by atoms with Crippen molar-refractivity contribution in [1.29, 1.82) is 0 Å². The topological polar surface area (TPSA) is 110 Å². The first-order valence-corrected chi connectivity index (χ1v) is 15.4. The smallest absolute Gasteiger partial charge is 0.410 e. The minimum absolute atomic E-state index is 0.150. The summed E-state index contributed by atoms with van der Waals surface area (Å²) in [6.45, 7) is 13.0. The van der Waals surface area contributed by atoms with Gasteiger partial charge in [0.1, 0.15) is 28.8 Å². The highest BCUT2D eigenvalue weighted by molar-refractivity contribution is 6.10. The average Bonchev–Trinajstić information content (AvgIpc) is 3.69. The van der Waals surface area contributed by atoms with Crippen molar-refractivity contribution in [1.82, 2.24) is 29.6 Å². The molecule has 1 saturated heterocycles. The molecule has 4 aromatic rings. The van der Waals surface area contributed by atoms with Crippen LogP contribution < -0.4 is 9.80 Å². The SMILES string of the molecule is Cc1ccccc1-n1c(C)nnc1-c1cccc(N2Cc3c(cc(N4CCC[C@H]4C)nc3CN(C)C(=O)OC(C)(C)C)C2=O)n1. The van der Waals surface area contributed by atoms with Gasteiger partial charge in [0, 0.05) is 25.2 Å². The zero-order valence-electron chi connectivity index (χ0n) is 27.0. The first kappa shape index (κ1) is 30.2. The number of para-hydroxylation sites is 1. The Hall–Kier alpha value is -4.80. The van der Waals surface area contributed by atoms with Crippen molar-refractivity contribution in [3.63, 3.8) is 0 Å². The van der Waals surface area contributed by atoms with E-state index < -0.39 is 11.7 Å². The number of carbonyl (C=O) groups excluding carboxylic acids is 2. The zero-order chi connectivity index (χ0) is 32.0. The number of benzene rings is 1. The van der Waals surface area contributed by atoms with Gasteiger partial charge in [-0.25, -0.2) is 14.8 Å². The first-order chi connectivity index (χ1) is 21.4. The van der Waals surface area contributed by atoms with Crippen LogP contribution >= 0.6 is 0 Å². The number of amides is 2. The maximum atomic E-state index is 14.1. The van der Waals surface area contributed by atoms with Gasteiger partial charge in [-0.05, 0) is 84.2 Å². The Morgan fingerprint density at radius 1 is 1.04 bits per heavy atom. The molecule has 11 nitrogen and oxygen atoms in total. The van der Waals surface area contributed by atoms with Crippen LogP contribution in [0.3, 0.4) is 0 Å². The van der Waals surface area contributed by atoms with Crippen LogP contribution in [0.25, 0.3) is 17.2 Å². The zero-order valence-corrected chi connectivity index (χ0v) is 27.0. The number of aryl methyl sites for hydroxylation is 2. The number of aromatic nitrogens is 5. The lowest BCUT2D eigenvalue weighted by Gasteiger charge is -2.26. The molecule has 0 N–H and O–H groups in total. The molecule has 0 unspecified atom stereocenters. The highest BCUT2D eigenvalue weighted by atomic mass is 16.6. The third kappa shape index (κ3) is 5.86. The normalized spacial score (nSPS) is 16.3. The number of hydrogen-bond donors (Lipinski definition) is 0. The van der Waals surface area contributed by atoms with Crippen molar-refractivity contribution in [3.8, 4) is 17.2 Å². The highest BCUT2D eigenvalue weighted by Gasteiger charge is 2.35. The molecule has 1 fully saturated rings. The summed E-state index contributed by atoms with van der Waals surface area (Å²) >= 11 is 0. The molecule has 6 rings (SSSR count). The lowest BCUT2D eigenvalue weighted by Crippen LogP contribution is -2.34. The van der Waals surface area contributed by atoms with Crippen molar-refractivity contribution in [3.05, 3.63) is 76.7 Å². The third-order valence-corrected chi connectivity index (χ3v) is 8.35. The Morgan fingerprint density at radius 2 is 1.82 bits per heavy atom. The van der Waals surface area contributed by atoms with E-state index in [4.69, 9.17) is 14.7 Å². The van der Waals surface area contributed by atoms with Gasteiger partial charge >= 0.3 is 6.09 Å². The quantitative estimate of drug-likeness (QED) is 0.268. The molecule has 0 aliphatic carbocycles. The molecule has 1 atom stereocenters. The molecule has 2 aliphatic rings. The molecule has 11 heteroatoms. The van der Waals surface area contributed by atoms with Gasteiger partial charge < -0.3 is 14.5 Å². The minimum atomic E-state index is -0.626. The number of fused-ring (bicyclic) bond motifs is 1. The predicted molar refractivity (Wildman–Crippen MR) is 173 cm³/mol. The van der Waals surface area contributed by atoms with Crippen LogP contribution in [0, 0.1) is 13.8 Å². The van der Waals surface area contributed by atoms with Crippen LogP contribution in [-0.4, -0.2) is 66.9 Å². The van der Waals surface area contributed by atoms with Crippen LogP contribution in [0.5, 0.6) is 0 Å². The molecule has 0 radical (unpaired) electrons. The van der Waals surface area contributed by atoms with Crippen molar-refractivity contribution >= 4 is 23.6 Å².